The molecule has 0 aliphatic rings. The van der Waals surface area contributed by atoms with Gasteiger partial charge in [-0.2, -0.15) is 0 Å². The van der Waals surface area contributed by atoms with Gasteiger partial charge in [0.25, 0.3) is 0 Å². The first-order valence-electron chi connectivity index (χ1n) is 3.22. The summed E-state index contributed by atoms with van der Waals surface area (Å²) in [6.07, 6.45) is 0.416. The van der Waals surface area contributed by atoms with Crippen LogP contribution >= 0.6 is 7.82 Å². The Morgan fingerprint density at radius 1 is 1.55 bits per heavy atom. The third kappa shape index (κ3) is 6.47. The third-order valence-corrected chi connectivity index (χ3v) is 1.70. The van der Waals surface area contributed by atoms with Gasteiger partial charge < -0.3 is 14.5 Å². The Hall–Kier alpha value is 0.0700. The number of ether oxygens (including phenoxy) is 1. The van der Waals surface area contributed by atoms with Gasteiger partial charge in [0.1, 0.15) is 0 Å². The maximum absolute atomic E-state index is 10.2. The van der Waals surface area contributed by atoms with E-state index in [2.05, 4.69) is 4.52 Å². The molecule has 11 heavy (non-hydrogen) atoms. The minimum absolute atomic E-state index is 0.0721. The van der Waals surface area contributed by atoms with Gasteiger partial charge in [-0.3, -0.25) is 4.52 Å². The second-order valence-electron chi connectivity index (χ2n) is 2.05. The van der Waals surface area contributed by atoms with Gasteiger partial charge in [-0.25, -0.2) is 4.57 Å². The molecule has 5 nitrogen and oxygen atoms in total. The second-order valence-corrected chi connectivity index (χ2v) is 3.29. The molecule has 0 amide bonds. The molecule has 0 fully saturated rings. The van der Waals surface area contributed by atoms with Crippen LogP contribution in [-0.2, 0) is 13.8 Å². The number of hydrogen-bond acceptors (Lipinski definition) is 3. The lowest BCUT2D eigenvalue weighted by molar-refractivity contribution is 0.0433. The van der Waals surface area contributed by atoms with Crippen LogP contribution in [0.5, 0.6) is 0 Å². The molecule has 0 heterocycles. The van der Waals surface area contributed by atoms with Gasteiger partial charge >= 0.3 is 7.82 Å². The summed E-state index contributed by atoms with van der Waals surface area (Å²) in [5, 5.41) is 0. The first-order valence-corrected chi connectivity index (χ1v) is 4.75. The summed E-state index contributed by atoms with van der Waals surface area (Å²) < 4.78 is 19.2. The fourth-order valence-corrected chi connectivity index (χ4v) is 0.893. The Kier molecular flexibility index (Phi) is 4.88. The zero-order chi connectivity index (χ0) is 8.91. The van der Waals surface area contributed by atoms with Gasteiger partial charge in [-0.1, -0.05) is 6.92 Å². The van der Waals surface area contributed by atoms with Gasteiger partial charge in [0.05, 0.1) is 12.7 Å². The van der Waals surface area contributed by atoms with E-state index in [0.29, 0.717) is 6.42 Å². The van der Waals surface area contributed by atoms with Crippen molar-refractivity contribution in [1.29, 1.82) is 0 Å². The van der Waals surface area contributed by atoms with Crippen molar-refractivity contribution < 1.29 is 23.6 Å². The maximum atomic E-state index is 10.2. The van der Waals surface area contributed by atoms with Crippen LogP contribution in [0.2, 0.25) is 0 Å². The van der Waals surface area contributed by atoms with Crippen molar-refractivity contribution in [2.75, 3.05) is 13.7 Å². The standard InChI is InChI=1S/C5H13O5P/c1-3-5(9-2)4-10-11(6,7)8/h5H,3-4H2,1-2H3,(H2,6,7,8). The Balaban J connectivity index is 3.59. The van der Waals surface area contributed by atoms with E-state index >= 15 is 0 Å². The molecule has 0 aromatic rings. The number of phosphoric acid groups is 1. The summed E-state index contributed by atoms with van der Waals surface area (Å²) in [6.45, 7) is 1.77. The van der Waals surface area contributed by atoms with E-state index in [1.165, 1.54) is 7.11 Å². The fourth-order valence-electron chi connectivity index (χ4n) is 0.533. The molecule has 0 aliphatic heterocycles. The van der Waals surface area contributed by atoms with Gasteiger partial charge in [0.15, 0.2) is 0 Å². The van der Waals surface area contributed by atoms with Gasteiger partial charge in [0.2, 0.25) is 0 Å². The van der Waals surface area contributed by atoms with Gasteiger partial charge in [0, 0.05) is 7.11 Å². The molecule has 0 aliphatic carbocycles. The summed E-state index contributed by atoms with van der Waals surface area (Å²) in [4.78, 5) is 16.6. The molecule has 0 aromatic carbocycles. The number of rotatable bonds is 5. The molecule has 0 aromatic heterocycles. The smallest absolute Gasteiger partial charge is 0.379 e. The quantitative estimate of drug-likeness (QED) is 0.609. The van der Waals surface area contributed by atoms with Crippen molar-refractivity contribution in [3.05, 3.63) is 0 Å². The van der Waals surface area contributed by atoms with Gasteiger partial charge in [-0.05, 0) is 6.42 Å². The minimum atomic E-state index is -4.33. The minimum Gasteiger partial charge on any atom is -0.379 e. The van der Waals surface area contributed by atoms with Gasteiger partial charge in [-0.15, -0.1) is 0 Å². The largest absolute Gasteiger partial charge is 0.469 e. The summed E-state index contributed by atoms with van der Waals surface area (Å²) in [7, 11) is -2.86. The zero-order valence-electron chi connectivity index (χ0n) is 6.56. The second kappa shape index (κ2) is 4.85. The normalized spacial score (nSPS) is 14.9. The van der Waals surface area contributed by atoms with Crippen LogP contribution in [0.3, 0.4) is 0 Å². The molecule has 2 N–H and O–H groups in total. The van der Waals surface area contributed by atoms with E-state index in [4.69, 9.17) is 14.5 Å². The lowest BCUT2D eigenvalue weighted by atomic mass is 10.3. The third-order valence-electron chi connectivity index (χ3n) is 1.22. The summed E-state index contributed by atoms with van der Waals surface area (Å²) in [6, 6.07) is 0. The molecule has 0 saturated carbocycles. The number of phosphoric ester groups is 1. The molecule has 0 spiro atoms. The van der Waals surface area contributed by atoms with Crippen molar-refractivity contribution in [3.63, 3.8) is 0 Å². The van der Waals surface area contributed by atoms with Crippen LogP contribution in [-0.4, -0.2) is 29.6 Å². The first-order chi connectivity index (χ1) is 4.99. The predicted molar refractivity (Wildman–Crippen MR) is 39.1 cm³/mol. The molecule has 0 bridgehead atoms. The highest BCUT2D eigenvalue weighted by Gasteiger charge is 2.16. The van der Waals surface area contributed by atoms with Crippen LogP contribution < -0.4 is 0 Å². The van der Waals surface area contributed by atoms with E-state index in [9.17, 15) is 4.57 Å². The molecule has 0 saturated heterocycles. The average Bonchev–Trinajstić information content (AvgIpc) is 1.88. The SMILES string of the molecule is CCC(COP(=O)(O)O)OC. The van der Waals surface area contributed by atoms with Crippen LogP contribution in [0.1, 0.15) is 13.3 Å². The number of methoxy groups -OCH3 is 1. The molecular formula is C5H13O5P. The molecule has 68 valence electrons. The molecule has 0 radical (unpaired) electrons. The van der Waals surface area contributed by atoms with E-state index < -0.39 is 7.82 Å². The highest BCUT2D eigenvalue weighted by molar-refractivity contribution is 7.46. The topological polar surface area (TPSA) is 76.0 Å². The van der Waals surface area contributed by atoms with E-state index in [-0.39, 0.29) is 12.7 Å². The highest BCUT2D eigenvalue weighted by Crippen LogP contribution is 2.35. The fraction of sp³-hybridized carbons (Fsp3) is 1.00. The monoisotopic (exact) mass is 184 g/mol. The van der Waals surface area contributed by atoms with Crippen molar-refractivity contribution in [2.24, 2.45) is 0 Å². The predicted octanol–water partition coefficient (Wildman–Crippen LogP) is 0.521. The number of hydrogen-bond donors (Lipinski definition) is 2. The molecular weight excluding hydrogens is 171 g/mol. The Morgan fingerprint density at radius 2 is 2.09 bits per heavy atom. The maximum Gasteiger partial charge on any atom is 0.469 e. The van der Waals surface area contributed by atoms with E-state index in [1.807, 2.05) is 6.92 Å². The first kappa shape index (κ1) is 11.1. The molecule has 6 heteroatoms. The summed E-state index contributed by atoms with van der Waals surface area (Å²) in [5.74, 6) is 0. The van der Waals surface area contributed by atoms with Crippen LogP contribution in [0.15, 0.2) is 0 Å². The lowest BCUT2D eigenvalue weighted by Gasteiger charge is -2.12. The molecule has 1 atom stereocenters. The van der Waals surface area contributed by atoms with Crippen molar-refractivity contribution in [3.8, 4) is 0 Å². The highest BCUT2D eigenvalue weighted by atomic mass is 31.2. The molecule has 1 unspecified atom stereocenters. The van der Waals surface area contributed by atoms with E-state index in [0.717, 1.165) is 0 Å². The van der Waals surface area contributed by atoms with Crippen LogP contribution in [0.25, 0.3) is 0 Å². The Morgan fingerprint density at radius 3 is 2.36 bits per heavy atom. The van der Waals surface area contributed by atoms with Crippen LogP contribution in [0.4, 0.5) is 0 Å². The van der Waals surface area contributed by atoms with Crippen molar-refractivity contribution >= 4 is 7.82 Å². The van der Waals surface area contributed by atoms with Crippen molar-refractivity contribution in [1.82, 2.24) is 0 Å². The summed E-state index contributed by atoms with van der Waals surface area (Å²) >= 11 is 0. The van der Waals surface area contributed by atoms with Crippen molar-refractivity contribution in [2.45, 2.75) is 19.4 Å². The summed E-state index contributed by atoms with van der Waals surface area (Å²) in [5.41, 5.74) is 0. The van der Waals surface area contributed by atoms with Crippen LogP contribution in [0, 0.1) is 0 Å². The average molecular weight is 184 g/mol. The molecule has 0 rings (SSSR count). The zero-order valence-corrected chi connectivity index (χ0v) is 7.45. The Bertz CT molecular complexity index is 138. The van der Waals surface area contributed by atoms with E-state index in [1.54, 1.807) is 0 Å². The lowest BCUT2D eigenvalue weighted by Crippen LogP contribution is -2.15. The Labute approximate surface area is 65.6 Å².